The van der Waals surface area contributed by atoms with Crippen molar-refractivity contribution in [2.45, 2.75) is 38.0 Å². The molecule has 1 aliphatic rings. The lowest BCUT2D eigenvalue weighted by atomic mass is 9.69. The van der Waals surface area contributed by atoms with Crippen LogP contribution in [0.25, 0.3) is 0 Å². The molecule has 0 spiro atoms. The van der Waals surface area contributed by atoms with Crippen molar-refractivity contribution < 1.29 is 22.3 Å². The summed E-state index contributed by atoms with van der Waals surface area (Å²) < 4.78 is 45.5. The maximum atomic E-state index is 13.6. The molecule has 7 heteroatoms. The van der Waals surface area contributed by atoms with Gasteiger partial charge in [-0.25, -0.2) is 17.5 Å². The Morgan fingerprint density at radius 1 is 1.32 bits per heavy atom. The quantitative estimate of drug-likeness (QED) is 0.897. The highest BCUT2D eigenvalue weighted by molar-refractivity contribution is 7.90. The van der Waals surface area contributed by atoms with Gasteiger partial charge in [0.1, 0.15) is 5.82 Å². The Kier molecular flexibility index (Phi) is 4.58. The molecule has 0 atom stereocenters. The minimum absolute atomic E-state index is 0.107. The van der Waals surface area contributed by atoms with E-state index >= 15 is 0 Å². The van der Waals surface area contributed by atoms with E-state index in [1.54, 1.807) is 0 Å². The smallest absolute Gasteiger partial charge is 0.264 e. The number of carbonyl (C=O) groups is 1. The van der Waals surface area contributed by atoms with Crippen LogP contribution in [0.5, 0.6) is 0 Å². The molecule has 122 valence electrons. The zero-order chi connectivity index (χ0) is 16.5. The molecule has 0 heterocycles. The molecule has 0 bridgehead atoms. The fraction of sp³-hybridized carbons (Fsp3) is 0.533. The van der Waals surface area contributed by atoms with Crippen LogP contribution in [-0.2, 0) is 19.6 Å². The molecule has 0 aliphatic heterocycles. The summed E-state index contributed by atoms with van der Waals surface area (Å²) in [4.78, 5) is 12.2. The van der Waals surface area contributed by atoms with E-state index in [1.165, 1.54) is 33.1 Å². The van der Waals surface area contributed by atoms with Crippen molar-refractivity contribution >= 4 is 15.9 Å². The van der Waals surface area contributed by atoms with Crippen molar-refractivity contribution in [1.29, 1.82) is 0 Å². The lowest BCUT2D eigenvalue weighted by molar-refractivity contribution is -0.138. The number of ether oxygens (including phenoxy) is 1. The maximum absolute atomic E-state index is 13.6. The van der Waals surface area contributed by atoms with Gasteiger partial charge in [0, 0.05) is 7.11 Å². The standard InChI is InChI=1S/C15H20FNO4S/c1-10-7-12(8-11(2)13(10)16)22(19,20)17-14(18)15(9-21-3)5-4-6-15/h7-8H,4-6,9H2,1-3H3,(H,17,18). The Labute approximate surface area is 129 Å². The summed E-state index contributed by atoms with van der Waals surface area (Å²) in [6.45, 7) is 3.17. The van der Waals surface area contributed by atoms with Crippen molar-refractivity contribution in [1.82, 2.24) is 4.72 Å². The third kappa shape index (κ3) is 3.01. The molecule has 1 amide bonds. The molecular formula is C15H20FNO4S. The average molecular weight is 329 g/mol. The van der Waals surface area contributed by atoms with Crippen molar-refractivity contribution in [3.05, 3.63) is 29.1 Å². The molecular weight excluding hydrogens is 309 g/mol. The highest BCUT2D eigenvalue weighted by Crippen LogP contribution is 2.41. The Hall–Kier alpha value is -1.47. The SMILES string of the molecule is COCC1(C(=O)NS(=O)(=O)c2cc(C)c(F)c(C)c2)CCC1. The summed E-state index contributed by atoms with van der Waals surface area (Å²) in [7, 11) is -2.54. The van der Waals surface area contributed by atoms with E-state index in [9.17, 15) is 17.6 Å². The van der Waals surface area contributed by atoms with E-state index in [1.807, 2.05) is 0 Å². The topological polar surface area (TPSA) is 72.5 Å². The Morgan fingerprint density at radius 2 is 1.86 bits per heavy atom. The van der Waals surface area contributed by atoms with E-state index in [2.05, 4.69) is 4.72 Å². The highest BCUT2D eigenvalue weighted by atomic mass is 32.2. The first-order valence-electron chi connectivity index (χ1n) is 7.05. The monoisotopic (exact) mass is 329 g/mol. The molecule has 0 aromatic heterocycles. The second-order valence-electron chi connectivity index (χ2n) is 5.87. The molecule has 5 nitrogen and oxygen atoms in total. The normalized spacial score (nSPS) is 16.9. The van der Waals surface area contributed by atoms with Crippen LogP contribution in [0.2, 0.25) is 0 Å². The lowest BCUT2D eigenvalue weighted by Crippen LogP contribution is -2.50. The lowest BCUT2D eigenvalue weighted by Gasteiger charge is -2.39. The first-order chi connectivity index (χ1) is 10.2. The summed E-state index contributed by atoms with van der Waals surface area (Å²) >= 11 is 0. The Morgan fingerprint density at radius 3 is 2.27 bits per heavy atom. The van der Waals surface area contributed by atoms with Crippen LogP contribution >= 0.6 is 0 Å². The fourth-order valence-corrected chi connectivity index (χ4v) is 3.91. The van der Waals surface area contributed by atoms with Crippen LogP contribution in [0.4, 0.5) is 4.39 Å². The van der Waals surface area contributed by atoms with Crippen LogP contribution < -0.4 is 4.72 Å². The maximum Gasteiger partial charge on any atom is 0.264 e. The van der Waals surface area contributed by atoms with Crippen molar-refractivity contribution in [3.63, 3.8) is 0 Å². The van der Waals surface area contributed by atoms with Crippen LogP contribution in [0, 0.1) is 25.1 Å². The minimum Gasteiger partial charge on any atom is -0.384 e. The third-order valence-electron chi connectivity index (χ3n) is 4.16. The van der Waals surface area contributed by atoms with Gasteiger partial charge in [0.15, 0.2) is 0 Å². The molecule has 0 saturated heterocycles. The second kappa shape index (κ2) is 5.96. The van der Waals surface area contributed by atoms with Gasteiger partial charge in [0.2, 0.25) is 5.91 Å². The molecule has 1 aromatic carbocycles. The van der Waals surface area contributed by atoms with Gasteiger partial charge in [-0.2, -0.15) is 0 Å². The van der Waals surface area contributed by atoms with Crippen LogP contribution in [0.15, 0.2) is 17.0 Å². The Bertz CT molecular complexity index is 672. The first kappa shape index (κ1) is 16.9. The molecule has 1 saturated carbocycles. The summed E-state index contributed by atoms with van der Waals surface area (Å²) in [5, 5.41) is 0. The predicted octanol–water partition coefficient (Wildman–Crippen LogP) is 2.06. The molecule has 1 aromatic rings. The van der Waals surface area contributed by atoms with E-state index in [-0.39, 0.29) is 22.6 Å². The number of hydrogen-bond acceptors (Lipinski definition) is 4. The molecule has 1 aliphatic carbocycles. The number of nitrogens with one attached hydrogen (secondary N) is 1. The second-order valence-corrected chi connectivity index (χ2v) is 7.55. The van der Waals surface area contributed by atoms with Gasteiger partial charge in [-0.05, 0) is 49.9 Å². The van der Waals surface area contributed by atoms with Gasteiger partial charge in [-0.1, -0.05) is 6.42 Å². The highest BCUT2D eigenvalue weighted by Gasteiger charge is 2.45. The summed E-state index contributed by atoms with van der Waals surface area (Å²) in [6.07, 6.45) is 2.07. The molecule has 1 fully saturated rings. The molecule has 22 heavy (non-hydrogen) atoms. The zero-order valence-corrected chi connectivity index (χ0v) is 13.7. The number of carbonyl (C=O) groups excluding carboxylic acids is 1. The molecule has 2 rings (SSSR count). The van der Waals surface area contributed by atoms with Crippen LogP contribution in [0.1, 0.15) is 30.4 Å². The van der Waals surface area contributed by atoms with E-state index in [0.717, 1.165) is 6.42 Å². The number of halogens is 1. The van der Waals surface area contributed by atoms with Gasteiger partial charge >= 0.3 is 0 Å². The first-order valence-corrected chi connectivity index (χ1v) is 8.53. The average Bonchev–Trinajstić information content (AvgIpc) is 2.38. The molecule has 1 N–H and O–H groups in total. The largest absolute Gasteiger partial charge is 0.384 e. The minimum atomic E-state index is -4.02. The van der Waals surface area contributed by atoms with E-state index < -0.39 is 27.2 Å². The van der Waals surface area contributed by atoms with E-state index in [4.69, 9.17) is 4.74 Å². The number of rotatable bonds is 5. The third-order valence-corrected chi connectivity index (χ3v) is 5.47. The fourth-order valence-electron chi connectivity index (χ4n) is 2.67. The van der Waals surface area contributed by atoms with Crippen LogP contribution in [-0.4, -0.2) is 28.0 Å². The van der Waals surface area contributed by atoms with Gasteiger partial charge in [0.05, 0.1) is 16.9 Å². The van der Waals surface area contributed by atoms with Gasteiger partial charge in [-0.15, -0.1) is 0 Å². The number of amides is 1. The Balaban J connectivity index is 2.26. The predicted molar refractivity (Wildman–Crippen MR) is 79.4 cm³/mol. The van der Waals surface area contributed by atoms with Gasteiger partial charge < -0.3 is 4.74 Å². The summed E-state index contributed by atoms with van der Waals surface area (Å²) in [5.74, 6) is -1.000. The molecule has 0 unspecified atom stereocenters. The van der Waals surface area contributed by atoms with Crippen molar-refractivity contribution in [3.8, 4) is 0 Å². The van der Waals surface area contributed by atoms with Crippen molar-refractivity contribution in [2.75, 3.05) is 13.7 Å². The zero-order valence-electron chi connectivity index (χ0n) is 12.9. The number of hydrogen-bond donors (Lipinski definition) is 1. The number of methoxy groups -OCH3 is 1. The summed E-state index contributed by atoms with van der Waals surface area (Å²) in [6, 6.07) is 2.45. The van der Waals surface area contributed by atoms with E-state index in [0.29, 0.717) is 12.8 Å². The van der Waals surface area contributed by atoms with Gasteiger partial charge in [0.25, 0.3) is 10.0 Å². The summed E-state index contributed by atoms with van der Waals surface area (Å²) in [5.41, 5.74) is -0.322. The number of sulfonamides is 1. The van der Waals surface area contributed by atoms with Gasteiger partial charge in [-0.3, -0.25) is 4.79 Å². The van der Waals surface area contributed by atoms with Crippen molar-refractivity contribution in [2.24, 2.45) is 5.41 Å². The van der Waals surface area contributed by atoms with Crippen LogP contribution in [0.3, 0.4) is 0 Å². The number of benzene rings is 1. The number of aryl methyl sites for hydroxylation is 2. The molecule has 0 radical (unpaired) electrons.